The van der Waals surface area contributed by atoms with Crippen LogP contribution in [-0.2, 0) is 0 Å². The van der Waals surface area contributed by atoms with E-state index in [0.717, 1.165) is 52.6 Å². The minimum Gasteiger partial charge on any atom is -0.320 e. The molecule has 0 saturated carbocycles. The molecule has 2 aromatic rings. The molecule has 3 heteroatoms. The van der Waals surface area contributed by atoms with Gasteiger partial charge in [-0.2, -0.15) is 0 Å². The highest BCUT2D eigenvalue weighted by Gasteiger charge is 2.29. The smallest absolute Gasteiger partial charge is 0.195 e. The van der Waals surface area contributed by atoms with E-state index < -0.39 is 0 Å². The molecule has 0 heterocycles. The highest BCUT2D eigenvalue weighted by atomic mass is 35.5. The lowest BCUT2D eigenvalue weighted by Gasteiger charge is -2.36. The fourth-order valence-corrected chi connectivity index (χ4v) is 3.59. The van der Waals surface area contributed by atoms with Crippen molar-refractivity contribution in [3.8, 4) is 0 Å². The summed E-state index contributed by atoms with van der Waals surface area (Å²) in [7, 11) is 0. The molecular formula is C20H25ClNO+. The van der Waals surface area contributed by atoms with Crippen molar-refractivity contribution in [1.29, 1.82) is 0 Å². The maximum Gasteiger partial charge on any atom is 0.195 e. The van der Waals surface area contributed by atoms with Crippen molar-refractivity contribution >= 4 is 35.0 Å². The molecule has 0 spiro atoms. The first-order valence-electron chi connectivity index (χ1n) is 8.26. The normalized spacial score (nSPS) is 13.7. The second-order valence-electron chi connectivity index (χ2n) is 6.20. The van der Waals surface area contributed by atoms with Crippen LogP contribution >= 0.6 is 12.4 Å². The number of carbonyl (C=O) groups is 1. The lowest BCUT2D eigenvalue weighted by molar-refractivity contribution is -0.918. The molecule has 0 atom stereocenters. The summed E-state index contributed by atoms with van der Waals surface area (Å²) in [6.45, 7) is 10.7. The molecule has 122 valence electrons. The van der Waals surface area contributed by atoms with Gasteiger partial charge in [-0.25, -0.2) is 0 Å². The van der Waals surface area contributed by atoms with E-state index in [4.69, 9.17) is 0 Å². The Bertz CT molecular complexity index is 746. The number of ketones is 1. The van der Waals surface area contributed by atoms with E-state index in [-0.39, 0.29) is 18.2 Å². The van der Waals surface area contributed by atoms with Crippen molar-refractivity contribution in [3.05, 3.63) is 53.1 Å². The van der Waals surface area contributed by atoms with Gasteiger partial charge < -0.3 is 4.48 Å². The molecule has 0 amide bonds. The summed E-state index contributed by atoms with van der Waals surface area (Å²) in [5.74, 6) is 0.210. The van der Waals surface area contributed by atoms with Crippen LogP contribution in [-0.4, -0.2) is 36.4 Å². The third-order valence-electron chi connectivity index (χ3n) is 5.32. The van der Waals surface area contributed by atoms with Crippen LogP contribution in [0.3, 0.4) is 0 Å². The Kier molecular flexibility index (Phi) is 5.28. The van der Waals surface area contributed by atoms with Crippen molar-refractivity contribution in [2.45, 2.75) is 20.8 Å². The summed E-state index contributed by atoms with van der Waals surface area (Å²) in [5.41, 5.74) is 3.01. The first-order valence-corrected chi connectivity index (χ1v) is 8.26. The fraction of sp³-hybridized carbons (Fsp3) is 0.350. The van der Waals surface area contributed by atoms with Crippen LogP contribution in [0, 0.1) is 0 Å². The van der Waals surface area contributed by atoms with E-state index in [1.165, 1.54) is 5.56 Å². The van der Waals surface area contributed by atoms with E-state index in [2.05, 4.69) is 51.1 Å². The standard InChI is InChI=1S/C20H24NO.ClH/c1-4-21(5-2,6-3)14-17-13-16-11-7-9-15-10-8-12-18(19(15)16)20(17)22;/h7-13H,4-6,14H2,1-3H3;1H/q+1;. The van der Waals surface area contributed by atoms with E-state index in [1.807, 2.05) is 12.1 Å². The van der Waals surface area contributed by atoms with Crippen molar-refractivity contribution in [2.75, 3.05) is 26.2 Å². The average Bonchev–Trinajstić information content (AvgIpc) is 2.57. The van der Waals surface area contributed by atoms with Gasteiger partial charge in [0.1, 0.15) is 6.54 Å². The molecule has 0 bridgehead atoms. The number of hydrogen-bond acceptors (Lipinski definition) is 1. The zero-order valence-electron chi connectivity index (χ0n) is 14.1. The molecule has 0 radical (unpaired) electrons. The lowest BCUT2D eigenvalue weighted by Crippen LogP contribution is -2.49. The van der Waals surface area contributed by atoms with Gasteiger partial charge in [-0.05, 0) is 37.8 Å². The Labute approximate surface area is 144 Å². The van der Waals surface area contributed by atoms with Gasteiger partial charge in [-0.15, -0.1) is 12.4 Å². The second-order valence-corrected chi connectivity index (χ2v) is 6.20. The summed E-state index contributed by atoms with van der Waals surface area (Å²) < 4.78 is 0.968. The monoisotopic (exact) mass is 330 g/mol. The number of quaternary nitrogens is 1. The Morgan fingerprint density at radius 3 is 2.13 bits per heavy atom. The van der Waals surface area contributed by atoms with Crippen molar-refractivity contribution in [2.24, 2.45) is 0 Å². The Balaban J connectivity index is 0.00000192. The van der Waals surface area contributed by atoms with Gasteiger partial charge in [-0.1, -0.05) is 36.4 Å². The SMILES string of the molecule is CC[N+](CC)(CC)CC1=Cc2cccc3cccc(c23)C1=O.Cl. The minimum absolute atomic E-state index is 0. The summed E-state index contributed by atoms with van der Waals surface area (Å²) in [5, 5.41) is 2.27. The number of benzene rings is 2. The first-order chi connectivity index (χ1) is 10.6. The number of nitrogens with zero attached hydrogens (tertiary/aromatic N) is 1. The molecule has 1 aliphatic rings. The Hall–Kier alpha value is -1.64. The molecular weight excluding hydrogens is 306 g/mol. The summed E-state index contributed by atoms with van der Waals surface area (Å²) >= 11 is 0. The van der Waals surface area contributed by atoms with E-state index >= 15 is 0 Å². The number of Topliss-reactive ketones (excluding diaryl/α,β-unsaturated/α-hetero) is 1. The first kappa shape index (κ1) is 17.7. The van der Waals surface area contributed by atoms with Gasteiger partial charge in [0.2, 0.25) is 0 Å². The van der Waals surface area contributed by atoms with Crippen LogP contribution in [0.4, 0.5) is 0 Å². The fourth-order valence-electron chi connectivity index (χ4n) is 3.59. The molecule has 0 saturated heterocycles. The third kappa shape index (κ3) is 2.93. The van der Waals surface area contributed by atoms with Crippen molar-refractivity contribution in [1.82, 2.24) is 0 Å². The number of rotatable bonds is 5. The maximum absolute atomic E-state index is 13.0. The van der Waals surface area contributed by atoms with Gasteiger partial charge >= 0.3 is 0 Å². The number of hydrogen-bond donors (Lipinski definition) is 0. The van der Waals surface area contributed by atoms with E-state index in [0.29, 0.717) is 0 Å². The number of carbonyl (C=O) groups excluding carboxylic acids is 1. The van der Waals surface area contributed by atoms with Crippen molar-refractivity contribution in [3.63, 3.8) is 0 Å². The van der Waals surface area contributed by atoms with E-state index in [9.17, 15) is 4.79 Å². The quantitative estimate of drug-likeness (QED) is 0.725. The molecule has 2 nitrogen and oxygen atoms in total. The van der Waals surface area contributed by atoms with Gasteiger partial charge in [0.15, 0.2) is 5.78 Å². The van der Waals surface area contributed by atoms with Gasteiger partial charge in [0.05, 0.1) is 25.2 Å². The van der Waals surface area contributed by atoms with Crippen LogP contribution in [0.15, 0.2) is 42.0 Å². The van der Waals surface area contributed by atoms with Crippen LogP contribution in [0.1, 0.15) is 36.7 Å². The molecule has 3 rings (SSSR count). The van der Waals surface area contributed by atoms with Gasteiger partial charge in [0, 0.05) is 10.9 Å². The predicted molar refractivity (Wildman–Crippen MR) is 100 cm³/mol. The molecule has 0 fully saturated rings. The Morgan fingerprint density at radius 1 is 0.913 bits per heavy atom. The summed E-state index contributed by atoms with van der Waals surface area (Å²) in [4.78, 5) is 13.0. The van der Waals surface area contributed by atoms with Crippen LogP contribution in [0.25, 0.3) is 16.8 Å². The largest absolute Gasteiger partial charge is 0.320 e. The molecule has 2 aromatic carbocycles. The maximum atomic E-state index is 13.0. The Morgan fingerprint density at radius 2 is 1.52 bits per heavy atom. The van der Waals surface area contributed by atoms with Crippen molar-refractivity contribution < 1.29 is 9.28 Å². The van der Waals surface area contributed by atoms with Gasteiger partial charge in [0.25, 0.3) is 0 Å². The minimum atomic E-state index is 0. The summed E-state index contributed by atoms with van der Waals surface area (Å²) in [6.07, 6.45) is 2.12. The summed E-state index contributed by atoms with van der Waals surface area (Å²) in [6, 6.07) is 12.3. The van der Waals surface area contributed by atoms with Crippen LogP contribution < -0.4 is 0 Å². The van der Waals surface area contributed by atoms with Crippen LogP contribution in [0.5, 0.6) is 0 Å². The molecule has 0 N–H and O–H groups in total. The van der Waals surface area contributed by atoms with Crippen LogP contribution in [0.2, 0.25) is 0 Å². The lowest BCUT2D eigenvalue weighted by atomic mass is 9.87. The van der Waals surface area contributed by atoms with E-state index in [1.54, 1.807) is 0 Å². The molecule has 0 aliphatic heterocycles. The third-order valence-corrected chi connectivity index (χ3v) is 5.32. The molecule has 0 unspecified atom stereocenters. The number of likely N-dealkylation sites (N-methyl/N-ethyl adjacent to an activating group) is 1. The predicted octanol–water partition coefficient (Wildman–Crippen LogP) is 4.72. The topological polar surface area (TPSA) is 17.1 Å². The molecule has 1 aliphatic carbocycles. The zero-order chi connectivity index (χ0) is 15.7. The highest BCUT2D eigenvalue weighted by Crippen LogP contribution is 2.32. The molecule has 0 aromatic heterocycles. The van der Waals surface area contributed by atoms with Gasteiger partial charge in [-0.3, -0.25) is 4.79 Å². The second kappa shape index (κ2) is 6.86. The number of halogens is 1. The highest BCUT2D eigenvalue weighted by molar-refractivity contribution is 6.22. The average molecular weight is 331 g/mol. The molecule has 23 heavy (non-hydrogen) atoms. The zero-order valence-corrected chi connectivity index (χ0v) is 15.0.